The average molecular weight is 233 g/mol. The van der Waals surface area contributed by atoms with Crippen LogP contribution in [-0.4, -0.2) is 26.4 Å². The van der Waals surface area contributed by atoms with E-state index in [2.05, 4.69) is 25.7 Å². The second-order valence-corrected chi connectivity index (χ2v) is 3.98. The van der Waals surface area contributed by atoms with Gasteiger partial charge in [0.05, 0.1) is 6.54 Å². The summed E-state index contributed by atoms with van der Waals surface area (Å²) in [6.45, 7) is 0.595. The van der Waals surface area contributed by atoms with E-state index in [1.54, 1.807) is 6.07 Å². The van der Waals surface area contributed by atoms with E-state index in [9.17, 15) is 4.79 Å². The number of aromatic nitrogens is 4. The maximum absolute atomic E-state index is 10.8. The monoisotopic (exact) mass is 233 g/mol. The molecule has 0 saturated heterocycles. The van der Waals surface area contributed by atoms with Crippen molar-refractivity contribution in [1.82, 2.24) is 25.7 Å². The van der Waals surface area contributed by atoms with E-state index in [1.807, 2.05) is 0 Å². The number of aromatic amines is 1. The Bertz CT molecular complexity index is 552. The molecule has 3 rings (SSSR count). The molecule has 1 fully saturated rings. The molecular formula is C10H11N5O2. The van der Waals surface area contributed by atoms with E-state index in [0.717, 1.165) is 0 Å². The topological polar surface area (TPSA) is 96.7 Å². The lowest BCUT2D eigenvalue weighted by Gasteiger charge is -1.94. The van der Waals surface area contributed by atoms with Crippen molar-refractivity contribution >= 4 is 0 Å². The van der Waals surface area contributed by atoms with Gasteiger partial charge in [-0.25, -0.2) is 5.10 Å². The molecule has 1 saturated carbocycles. The highest BCUT2D eigenvalue weighted by Gasteiger charge is 2.21. The van der Waals surface area contributed by atoms with E-state index >= 15 is 0 Å². The van der Waals surface area contributed by atoms with Crippen LogP contribution >= 0.6 is 0 Å². The van der Waals surface area contributed by atoms with Crippen LogP contribution in [0.1, 0.15) is 18.7 Å². The zero-order chi connectivity index (χ0) is 11.7. The average Bonchev–Trinajstić information content (AvgIpc) is 3.06. The van der Waals surface area contributed by atoms with E-state index in [-0.39, 0.29) is 5.56 Å². The molecule has 0 amide bonds. The van der Waals surface area contributed by atoms with Crippen LogP contribution in [0.25, 0.3) is 11.6 Å². The van der Waals surface area contributed by atoms with Gasteiger partial charge in [0, 0.05) is 12.1 Å². The molecule has 0 spiro atoms. The number of H-pyrrole nitrogens is 1. The SMILES string of the molecule is O=c1ccc(-c2nc(CNC3CC3)no2)n[nH]1. The Morgan fingerprint density at radius 2 is 2.35 bits per heavy atom. The molecule has 2 heterocycles. The molecular weight excluding hydrogens is 222 g/mol. The quantitative estimate of drug-likeness (QED) is 0.775. The van der Waals surface area contributed by atoms with Crippen LogP contribution in [0.5, 0.6) is 0 Å². The van der Waals surface area contributed by atoms with Gasteiger partial charge in [-0.2, -0.15) is 10.1 Å². The molecule has 0 unspecified atom stereocenters. The fourth-order valence-electron chi connectivity index (χ4n) is 1.42. The Labute approximate surface area is 96.2 Å². The van der Waals surface area contributed by atoms with Crippen molar-refractivity contribution in [3.63, 3.8) is 0 Å². The van der Waals surface area contributed by atoms with Crippen molar-refractivity contribution in [3.8, 4) is 11.6 Å². The molecule has 0 aromatic carbocycles. The zero-order valence-corrected chi connectivity index (χ0v) is 9.01. The van der Waals surface area contributed by atoms with Gasteiger partial charge in [-0.3, -0.25) is 4.79 Å². The van der Waals surface area contributed by atoms with Crippen molar-refractivity contribution in [2.24, 2.45) is 0 Å². The van der Waals surface area contributed by atoms with Crippen molar-refractivity contribution in [2.75, 3.05) is 0 Å². The third-order valence-corrected chi connectivity index (χ3v) is 2.49. The van der Waals surface area contributed by atoms with Crippen molar-refractivity contribution < 1.29 is 4.52 Å². The largest absolute Gasteiger partial charge is 0.332 e. The first-order chi connectivity index (χ1) is 8.31. The molecule has 2 aromatic rings. The highest BCUT2D eigenvalue weighted by molar-refractivity contribution is 5.44. The summed E-state index contributed by atoms with van der Waals surface area (Å²) in [6.07, 6.45) is 2.43. The number of hydrogen-bond acceptors (Lipinski definition) is 6. The summed E-state index contributed by atoms with van der Waals surface area (Å²) in [6, 6.07) is 3.52. The van der Waals surface area contributed by atoms with Crippen LogP contribution in [0, 0.1) is 0 Å². The Morgan fingerprint density at radius 1 is 1.47 bits per heavy atom. The summed E-state index contributed by atoms with van der Waals surface area (Å²) >= 11 is 0. The molecule has 7 nitrogen and oxygen atoms in total. The summed E-state index contributed by atoms with van der Waals surface area (Å²) < 4.78 is 5.06. The molecule has 0 aliphatic heterocycles. The Kier molecular flexibility index (Phi) is 2.45. The van der Waals surface area contributed by atoms with Gasteiger partial charge in [-0.15, -0.1) is 0 Å². The molecule has 7 heteroatoms. The zero-order valence-electron chi connectivity index (χ0n) is 9.01. The van der Waals surface area contributed by atoms with Crippen LogP contribution in [-0.2, 0) is 6.54 Å². The highest BCUT2D eigenvalue weighted by atomic mass is 16.5. The van der Waals surface area contributed by atoms with Crippen molar-refractivity contribution in [2.45, 2.75) is 25.4 Å². The Hall–Kier alpha value is -2.02. The maximum Gasteiger partial charge on any atom is 0.278 e. The van der Waals surface area contributed by atoms with Gasteiger partial charge in [-0.05, 0) is 18.9 Å². The van der Waals surface area contributed by atoms with Gasteiger partial charge in [0.2, 0.25) is 0 Å². The standard InChI is InChI=1S/C10H11N5O2/c16-9-4-3-7(13-14-9)10-12-8(15-17-10)5-11-6-1-2-6/h3-4,6,11H,1-2,5H2,(H,14,16). The van der Waals surface area contributed by atoms with Crippen molar-refractivity contribution in [3.05, 3.63) is 28.3 Å². The van der Waals surface area contributed by atoms with E-state index in [0.29, 0.717) is 30.0 Å². The van der Waals surface area contributed by atoms with Gasteiger partial charge in [0.1, 0.15) is 5.69 Å². The molecule has 1 aliphatic rings. The predicted octanol–water partition coefficient (Wildman–Crippen LogP) is 0.0719. The predicted molar refractivity (Wildman–Crippen MR) is 58.0 cm³/mol. The molecule has 0 bridgehead atoms. The van der Waals surface area contributed by atoms with Gasteiger partial charge < -0.3 is 9.84 Å². The summed E-state index contributed by atoms with van der Waals surface area (Å²) in [5, 5.41) is 13.3. The van der Waals surface area contributed by atoms with Gasteiger partial charge in [-0.1, -0.05) is 5.16 Å². The van der Waals surface area contributed by atoms with Crippen LogP contribution in [0.15, 0.2) is 21.5 Å². The maximum atomic E-state index is 10.8. The van der Waals surface area contributed by atoms with Crippen LogP contribution < -0.4 is 10.9 Å². The number of rotatable bonds is 4. The molecule has 17 heavy (non-hydrogen) atoms. The lowest BCUT2D eigenvalue weighted by molar-refractivity contribution is 0.417. The fraction of sp³-hybridized carbons (Fsp3) is 0.400. The Balaban J connectivity index is 1.74. The second-order valence-electron chi connectivity index (χ2n) is 3.98. The minimum absolute atomic E-state index is 0.260. The van der Waals surface area contributed by atoms with Crippen LogP contribution in [0.2, 0.25) is 0 Å². The smallest absolute Gasteiger partial charge is 0.278 e. The first-order valence-electron chi connectivity index (χ1n) is 5.43. The summed E-state index contributed by atoms with van der Waals surface area (Å²) in [5.74, 6) is 0.911. The third kappa shape index (κ3) is 2.39. The van der Waals surface area contributed by atoms with Crippen LogP contribution in [0.4, 0.5) is 0 Å². The van der Waals surface area contributed by atoms with E-state index < -0.39 is 0 Å². The number of nitrogens with one attached hydrogen (secondary N) is 2. The molecule has 2 aromatic heterocycles. The molecule has 0 radical (unpaired) electrons. The summed E-state index contributed by atoms with van der Waals surface area (Å²) in [5.41, 5.74) is 0.207. The molecule has 2 N–H and O–H groups in total. The lowest BCUT2D eigenvalue weighted by atomic mass is 10.4. The second kappa shape index (κ2) is 4.10. The molecule has 0 atom stereocenters. The van der Waals surface area contributed by atoms with E-state index in [1.165, 1.54) is 18.9 Å². The van der Waals surface area contributed by atoms with Crippen LogP contribution in [0.3, 0.4) is 0 Å². The summed E-state index contributed by atoms with van der Waals surface area (Å²) in [7, 11) is 0. The minimum atomic E-state index is -0.260. The third-order valence-electron chi connectivity index (χ3n) is 2.49. The highest BCUT2D eigenvalue weighted by Crippen LogP contribution is 2.19. The minimum Gasteiger partial charge on any atom is -0.332 e. The fourth-order valence-corrected chi connectivity index (χ4v) is 1.42. The normalized spacial score (nSPS) is 15.1. The number of hydrogen-bond donors (Lipinski definition) is 2. The molecule has 88 valence electrons. The first-order valence-corrected chi connectivity index (χ1v) is 5.43. The number of nitrogens with zero attached hydrogens (tertiary/aromatic N) is 3. The molecule has 1 aliphatic carbocycles. The van der Waals surface area contributed by atoms with Gasteiger partial charge in [0.15, 0.2) is 5.82 Å². The first kappa shape index (κ1) is 10.2. The lowest BCUT2D eigenvalue weighted by Crippen LogP contribution is -2.16. The van der Waals surface area contributed by atoms with E-state index in [4.69, 9.17) is 4.52 Å². The summed E-state index contributed by atoms with van der Waals surface area (Å²) in [4.78, 5) is 15.0. The van der Waals surface area contributed by atoms with Crippen molar-refractivity contribution in [1.29, 1.82) is 0 Å². The van der Waals surface area contributed by atoms with Gasteiger partial charge >= 0.3 is 0 Å². The van der Waals surface area contributed by atoms with Gasteiger partial charge in [0.25, 0.3) is 11.4 Å². The Morgan fingerprint density at radius 3 is 3.06 bits per heavy atom.